The highest BCUT2D eigenvalue weighted by Crippen LogP contribution is 2.28. The van der Waals surface area contributed by atoms with E-state index in [1.54, 1.807) is 30.0 Å². The fourth-order valence-corrected chi connectivity index (χ4v) is 4.78. The Labute approximate surface area is 174 Å². The predicted octanol–water partition coefficient (Wildman–Crippen LogP) is 3.73. The predicted molar refractivity (Wildman–Crippen MR) is 116 cm³/mol. The maximum Gasteiger partial charge on any atom is 0.238 e. The minimum atomic E-state index is -3.76. The highest BCUT2D eigenvalue weighted by molar-refractivity contribution is 7.98. The number of benzene rings is 1. The first-order valence-electron chi connectivity index (χ1n) is 9.46. The second-order valence-corrected chi connectivity index (χ2v) is 9.54. The number of unbranched alkanes of at least 4 members (excludes halogenated alkanes) is 1. The summed E-state index contributed by atoms with van der Waals surface area (Å²) < 4.78 is 27.6. The van der Waals surface area contributed by atoms with Gasteiger partial charge in [-0.25, -0.2) is 23.5 Å². The average molecular weight is 430 g/mol. The number of imidazole rings is 2. The molecule has 0 unspecified atom stereocenters. The van der Waals surface area contributed by atoms with Gasteiger partial charge < -0.3 is 8.97 Å². The number of fused-ring (bicyclic) bond motifs is 2. The molecular formula is C20H23N5O2S2. The van der Waals surface area contributed by atoms with Crippen LogP contribution in [0.2, 0.25) is 0 Å². The third kappa shape index (κ3) is 4.03. The van der Waals surface area contributed by atoms with Crippen LogP contribution >= 0.6 is 11.8 Å². The summed E-state index contributed by atoms with van der Waals surface area (Å²) in [6, 6.07) is 8.93. The number of rotatable bonds is 7. The molecule has 0 radical (unpaired) electrons. The van der Waals surface area contributed by atoms with E-state index >= 15 is 0 Å². The Balaban J connectivity index is 1.67. The summed E-state index contributed by atoms with van der Waals surface area (Å²) in [5.41, 5.74) is 4.62. The van der Waals surface area contributed by atoms with Gasteiger partial charge in [0.25, 0.3) is 0 Å². The minimum Gasteiger partial charge on any atom is -0.319 e. The van der Waals surface area contributed by atoms with Crippen molar-refractivity contribution < 1.29 is 8.42 Å². The number of hydrogen-bond donors (Lipinski definition) is 1. The lowest BCUT2D eigenvalue weighted by Crippen LogP contribution is -2.11. The van der Waals surface area contributed by atoms with E-state index in [1.807, 2.05) is 35.9 Å². The monoisotopic (exact) mass is 429 g/mol. The van der Waals surface area contributed by atoms with E-state index in [1.165, 1.54) is 0 Å². The summed E-state index contributed by atoms with van der Waals surface area (Å²) >= 11 is 1.61. The smallest absolute Gasteiger partial charge is 0.238 e. The second kappa shape index (κ2) is 7.81. The Hall–Kier alpha value is -2.36. The number of nitrogens with two attached hydrogens (primary N) is 1. The molecule has 0 saturated heterocycles. The molecule has 0 amide bonds. The number of primary sulfonamides is 1. The van der Waals surface area contributed by atoms with Crippen LogP contribution in [0.25, 0.3) is 16.7 Å². The van der Waals surface area contributed by atoms with Gasteiger partial charge in [0.05, 0.1) is 21.6 Å². The third-order valence-electron chi connectivity index (χ3n) is 4.83. The largest absolute Gasteiger partial charge is 0.319 e. The molecule has 0 atom stereocenters. The van der Waals surface area contributed by atoms with Gasteiger partial charge in [0.1, 0.15) is 5.65 Å². The van der Waals surface area contributed by atoms with Crippen LogP contribution in [0.5, 0.6) is 0 Å². The number of hydrogen-bond acceptors (Lipinski definition) is 5. The SMILES string of the molecule is CCCCn1c(SCc2cn3cccc(C)c3n2)nc2cc(S(N)(=O)=O)ccc21. The molecule has 0 saturated carbocycles. The second-order valence-electron chi connectivity index (χ2n) is 7.04. The summed E-state index contributed by atoms with van der Waals surface area (Å²) in [5.74, 6) is 0.679. The number of pyridine rings is 1. The van der Waals surface area contributed by atoms with Gasteiger partial charge in [0.15, 0.2) is 5.16 Å². The Morgan fingerprint density at radius 1 is 1.21 bits per heavy atom. The summed E-state index contributed by atoms with van der Waals surface area (Å²) in [6.45, 7) is 5.02. The molecule has 29 heavy (non-hydrogen) atoms. The van der Waals surface area contributed by atoms with Gasteiger partial charge in [-0.05, 0) is 43.2 Å². The van der Waals surface area contributed by atoms with Crippen LogP contribution in [0.3, 0.4) is 0 Å². The zero-order chi connectivity index (χ0) is 20.6. The van der Waals surface area contributed by atoms with Crippen LogP contribution in [0.15, 0.2) is 52.8 Å². The zero-order valence-corrected chi connectivity index (χ0v) is 18.0. The van der Waals surface area contributed by atoms with Gasteiger partial charge in [0.2, 0.25) is 10.0 Å². The van der Waals surface area contributed by atoms with Crippen molar-refractivity contribution in [2.45, 2.75) is 49.0 Å². The molecule has 7 nitrogen and oxygen atoms in total. The number of nitrogens with zero attached hydrogens (tertiary/aromatic N) is 4. The summed E-state index contributed by atoms with van der Waals surface area (Å²) in [7, 11) is -3.76. The summed E-state index contributed by atoms with van der Waals surface area (Å²) in [5, 5.41) is 6.13. The Bertz CT molecular complexity index is 1290. The minimum absolute atomic E-state index is 0.0810. The van der Waals surface area contributed by atoms with Crippen LogP contribution in [-0.2, 0) is 22.3 Å². The van der Waals surface area contributed by atoms with E-state index in [0.29, 0.717) is 11.3 Å². The van der Waals surface area contributed by atoms with E-state index < -0.39 is 10.0 Å². The van der Waals surface area contributed by atoms with E-state index in [2.05, 4.69) is 11.5 Å². The van der Waals surface area contributed by atoms with Crippen molar-refractivity contribution in [2.24, 2.45) is 5.14 Å². The van der Waals surface area contributed by atoms with Crippen molar-refractivity contribution in [2.75, 3.05) is 0 Å². The fraction of sp³-hybridized carbons (Fsp3) is 0.300. The maximum absolute atomic E-state index is 11.7. The Kier molecular flexibility index (Phi) is 5.37. The lowest BCUT2D eigenvalue weighted by atomic mass is 10.3. The third-order valence-corrected chi connectivity index (χ3v) is 6.75. The molecule has 2 N–H and O–H groups in total. The van der Waals surface area contributed by atoms with E-state index in [4.69, 9.17) is 15.1 Å². The lowest BCUT2D eigenvalue weighted by Gasteiger charge is -2.07. The molecule has 0 aliphatic rings. The normalized spacial score (nSPS) is 12.2. The summed E-state index contributed by atoms with van der Waals surface area (Å²) in [6.07, 6.45) is 6.11. The van der Waals surface area contributed by atoms with Gasteiger partial charge in [-0.3, -0.25) is 0 Å². The quantitative estimate of drug-likeness (QED) is 0.452. The number of aromatic nitrogens is 4. The first kappa shape index (κ1) is 19.9. The molecule has 0 aliphatic carbocycles. The van der Waals surface area contributed by atoms with Gasteiger partial charge >= 0.3 is 0 Å². The molecule has 3 aromatic heterocycles. The molecule has 0 bridgehead atoms. The molecule has 4 rings (SSSR count). The molecular weight excluding hydrogens is 406 g/mol. The van der Waals surface area contributed by atoms with Crippen molar-refractivity contribution in [3.63, 3.8) is 0 Å². The molecule has 3 heterocycles. The molecule has 9 heteroatoms. The van der Waals surface area contributed by atoms with Gasteiger partial charge in [-0.2, -0.15) is 0 Å². The van der Waals surface area contributed by atoms with E-state index in [-0.39, 0.29) is 4.90 Å². The zero-order valence-electron chi connectivity index (χ0n) is 16.4. The first-order valence-corrected chi connectivity index (χ1v) is 12.0. The highest BCUT2D eigenvalue weighted by Gasteiger charge is 2.16. The summed E-state index contributed by atoms with van der Waals surface area (Å²) in [4.78, 5) is 9.51. The molecule has 0 fully saturated rings. The van der Waals surface area contributed by atoms with Crippen molar-refractivity contribution in [1.29, 1.82) is 0 Å². The van der Waals surface area contributed by atoms with E-state index in [0.717, 1.165) is 47.0 Å². The van der Waals surface area contributed by atoms with Crippen molar-refractivity contribution in [3.8, 4) is 0 Å². The number of aryl methyl sites for hydroxylation is 2. The molecule has 1 aromatic carbocycles. The number of sulfonamides is 1. The van der Waals surface area contributed by atoms with E-state index in [9.17, 15) is 8.42 Å². The Morgan fingerprint density at radius 3 is 2.76 bits per heavy atom. The highest BCUT2D eigenvalue weighted by atomic mass is 32.2. The standard InChI is InChI=1S/C20H23N5O2S2/c1-3-4-10-25-18-8-7-16(29(21,26)27)11-17(18)23-20(25)28-13-15-12-24-9-5-6-14(2)19(24)22-15/h5-9,11-12H,3-4,10,13H2,1-2H3,(H2,21,26,27). The van der Waals surface area contributed by atoms with Crippen LogP contribution in [-0.4, -0.2) is 27.4 Å². The van der Waals surface area contributed by atoms with Crippen LogP contribution in [0, 0.1) is 6.92 Å². The number of thioether (sulfide) groups is 1. The van der Waals surface area contributed by atoms with Gasteiger partial charge in [-0.15, -0.1) is 0 Å². The average Bonchev–Trinajstić information content (AvgIpc) is 3.25. The maximum atomic E-state index is 11.7. The van der Waals surface area contributed by atoms with Gasteiger partial charge in [-0.1, -0.05) is 31.2 Å². The topological polar surface area (TPSA) is 95.3 Å². The lowest BCUT2D eigenvalue weighted by molar-refractivity contribution is 0.597. The first-order chi connectivity index (χ1) is 13.9. The Morgan fingerprint density at radius 2 is 2.03 bits per heavy atom. The molecule has 0 aliphatic heterocycles. The van der Waals surface area contributed by atoms with Crippen molar-refractivity contribution in [3.05, 3.63) is 54.0 Å². The van der Waals surface area contributed by atoms with Crippen LogP contribution < -0.4 is 5.14 Å². The molecule has 152 valence electrons. The fourth-order valence-electron chi connectivity index (χ4n) is 3.32. The van der Waals surface area contributed by atoms with Gasteiger partial charge in [0, 0.05) is 24.7 Å². The van der Waals surface area contributed by atoms with Crippen LogP contribution in [0.4, 0.5) is 0 Å². The molecule has 4 aromatic rings. The van der Waals surface area contributed by atoms with Crippen molar-refractivity contribution >= 4 is 38.5 Å². The van der Waals surface area contributed by atoms with Crippen molar-refractivity contribution in [1.82, 2.24) is 18.9 Å². The van der Waals surface area contributed by atoms with Crippen LogP contribution in [0.1, 0.15) is 31.0 Å². The molecule has 0 spiro atoms.